The molecule has 3 saturated carbocycles. The van der Waals surface area contributed by atoms with E-state index in [9.17, 15) is 23.4 Å². The number of benzene rings is 1. The van der Waals surface area contributed by atoms with Crippen molar-refractivity contribution >= 4 is 38.5 Å². The van der Waals surface area contributed by atoms with Gasteiger partial charge in [0.2, 0.25) is 0 Å². The van der Waals surface area contributed by atoms with Crippen LogP contribution in [0.1, 0.15) is 78.9 Å². The maximum absolute atomic E-state index is 14.8. The Bertz CT molecular complexity index is 2070. The SMILES string of the molecule is COc1ccc(CN(C[C@]2(O)CC[C@H]3[C@]45C=C[C@@]6(C=C4C(=O)c4ccc(C)s4)CC(O)CC[C@]6(C)[C@H]5CC[C@@]32C)S(=O)(=O)c2cccs2)c(OC)c1. The monoisotopic (exact) mass is 763 g/mol. The second-order valence-electron chi connectivity index (χ2n) is 16.4. The third kappa shape index (κ3) is 4.98. The molecule has 6 aliphatic carbocycles. The first-order valence-corrected chi connectivity index (χ1v) is 21.5. The Balaban J connectivity index is 1.22. The summed E-state index contributed by atoms with van der Waals surface area (Å²) in [6.07, 6.45) is 11.2. The number of ketones is 1. The number of fused-ring (bicyclic) bond motifs is 1. The van der Waals surface area contributed by atoms with Crippen molar-refractivity contribution in [1.82, 2.24) is 4.31 Å². The molecule has 52 heavy (non-hydrogen) atoms. The maximum atomic E-state index is 14.8. The highest BCUT2D eigenvalue weighted by atomic mass is 32.2. The van der Waals surface area contributed by atoms with Crippen molar-refractivity contribution in [2.75, 3.05) is 20.8 Å². The number of hydrogen-bond donors (Lipinski definition) is 2. The van der Waals surface area contributed by atoms with Gasteiger partial charge < -0.3 is 19.7 Å². The number of ether oxygens (including phenoxy) is 2. The normalized spacial score (nSPS) is 36.2. The van der Waals surface area contributed by atoms with E-state index in [0.717, 1.165) is 34.6 Å². The Morgan fingerprint density at radius 1 is 0.981 bits per heavy atom. The largest absolute Gasteiger partial charge is 0.497 e. The van der Waals surface area contributed by atoms with Crippen LogP contribution in [0.2, 0.25) is 0 Å². The summed E-state index contributed by atoms with van der Waals surface area (Å²) in [4.78, 5) is 16.6. The van der Waals surface area contributed by atoms with Gasteiger partial charge in [-0.1, -0.05) is 44.2 Å². The fourth-order valence-corrected chi connectivity index (χ4v) is 15.0. The van der Waals surface area contributed by atoms with E-state index in [-0.39, 0.29) is 40.3 Å². The minimum Gasteiger partial charge on any atom is -0.497 e. The number of hydrogen-bond acceptors (Lipinski definition) is 9. The molecule has 0 aliphatic heterocycles. The number of thiophene rings is 2. The molecule has 0 amide bonds. The summed E-state index contributed by atoms with van der Waals surface area (Å²) in [5.41, 5.74) is -1.80. The molecule has 2 bridgehead atoms. The minimum atomic E-state index is -4.01. The van der Waals surface area contributed by atoms with E-state index in [0.29, 0.717) is 42.7 Å². The summed E-state index contributed by atoms with van der Waals surface area (Å²) >= 11 is 2.68. The van der Waals surface area contributed by atoms with Gasteiger partial charge in [0.05, 0.1) is 30.8 Å². The maximum Gasteiger partial charge on any atom is 0.252 e. The Morgan fingerprint density at radius 3 is 2.42 bits per heavy atom. The van der Waals surface area contributed by atoms with E-state index in [2.05, 4.69) is 32.1 Å². The average Bonchev–Trinajstić information content (AvgIpc) is 3.88. The number of sulfonamides is 1. The predicted molar refractivity (Wildman–Crippen MR) is 203 cm³/mol. The lowest BCUT2D eigenvalue weighted by Crippen LogP contribution is -2.67. The first-order valence-electron chi connectivity index (χ1n) is 18.4. The number of carbonyl (C=O) groups excluding carboxylic acids is 1. The van der Waals surface area contributed by atoms with Crippen LogP contribution in [-0.4, -0.2) is 61.2 Å². The van der Waals surface area contributed by atoms with Crippen LogP contribution in [0.5, 0.6) is 11.5 Å². The zero-order chi connectivity index (χ0) is 36.9. The second-order valence-corrected chi connectivity index (χ2v) is 20.8. The summed E-state index contributed by atoms with van der Waals surface area (Å²) in [7, 11) is -0.882. The number of allylic oxidation sites excluding steroid dienone is 4. The number of aliphatic hydroxyl groups excluding tert-OH is 1. The molecule has 278 valence electrons. The Kier molecular flexibility index (Phi) is 8.60. The third-order valence-electron chi connectivity index (χ3n) is 14.3. The van der Waals surface area contributed by atoms with Gasteiger partial charge in [0.25, 0.3) is 10.0 Å². The molecular weight excluding hydrogens is 715 g/mol. The molecule has 2 spiro atoms. The summed E-state index contributed by atoms with van der Waals surface area (Å²) < 4.78 is 41.7. The molecule has 0 radical (unpaired) electrons. The highest BCUT2D eigenvalue weighted by Crippen LogP contribution is 2.78. The smallest absolute Gasteiger partial charge is 0.252 e. The van der Waals surface area contributed by atoms with Gasteiger partial charge in [-0.05, 0) is 98.8 Å². The van der Waals surface area contributed by atoms with Gasteiger partial charge in [-0.3, -0.25) is 4.79 Å². The minimum absolute atomic E-state index is 0.00835. The van der Waals surface area contributed by atoms with Crippen molar-refractivity contribution in [3.8, 4) is 11.5 Å². The molecule has 1 unspecified atom stereocenters. The molecule has 6 aliphatic rings. The van der Waals surface area contributed by atoms with Crippen LogP contribution in [0.15, 0.2) is 75.9 Å². The topological polar surface area (TPSA) is 113 Å². The van der Waals surface area contributed by atoms with Crippen molar-refractivity contribution in [2.45, 2.75) is 88.2 Å². The first-order chi connectivity index (χ1) is 24.7. The van der Waals surface area contributed by atoms with Crippen molar-refractivity contribution in [3.05, 3.63) is 87.0 Å². The van der Waals surface area contributed by atoms with E-state index in [4.69, 9.17) is 9.47 Å². The van der Waals surface area contributed by atoms with E-state index >= 15 is 0 Å². The van der Waals surface area contributed by atoms with Crippen LogP contribution in [0.4, 0.5) is 0 Å². The first kappa shape index (κ1) is 36.2. The van der Waals surface area contributed by atoms with Gasteiger partial charge in [-0.2, -0.15) is 4.31 Å². The molecule has 2 heterocycles. The molecule has 11 heteroatoms. The van der Waals surface area contributed by atoms with Crippen LogP contribution in [0.3, 0.4) is 0 Å². The zero-order valence-electron chi connectivity index (χ0n) is 30.6. The number of carbonyl (C=O) groups is 1. The molecule has 1 aromatic carbocycles. The average molecular weight is 764 g/mol. The standard InChI is InChI=1S/C41H49NO7S3/c1-26-8-11-32(51-26)36(44)30-23-39-18-19-41(30)33(37(39,2)15-12-28(43)22-39)13-16-38(3)34(41)14-17-40(38,45)25-42(52(46,47)35-7-6-20-50-35)24-27-9-10-29(48-4)21-31(27)49-5/h6-11,18-21,23,28,33-34,43,45H,12-17,22,24-25H2,1-5H3/t28?,33-,34-,37-,38+,39+,40-,41-/m1/s1. The molecule has 2 N–H and O–H groups in total. The summed E-state index contributed by atoms with van der Waals surface area (Å²) in [6.45, 7) is 6.45. The summed E-state index contributed by atoms with van der Waals surface area (Å²) in [5.74, 6) is 1.21. The van der Waals surface area contributed by atoms with E-state index < -0.39 is 38.0 Å². The molecule has 8 nitrogen and oxygen atoms in total. The molecule has 3 aromatic rings. The number of aryl methyl sites for hydroxylation is 1. The fourth-order valence-electron chi connectivity index (χ4n) is 11.5. The predicted octanol–water partition coefficient (Wildman–Crippen LogP) is 7.80. The van der Waals surface area contributed by atoms with Crippen molar-refractivity contribution in [1.29, 1.82) is 0 Å². The van der Waals surface area contributed by atoms with E-state index in [1.165, 1.54) is 27.0 Å². The van der Waals surface area contributed by atoms with Crippen molar-refractivity contribution < 1.29 is 32.9 Å². The quantitative estimate of drug-likeness (QED) is 0.160. The summed E-state index contributed by atoms with van der Waals surface area (Å²) in [5, 5.41) is 25.9. The van der Waals surface area contributed by atoms with E-state index in [1.807, 2.05) is 25.1 Å². The van der Waals surface area contributed by atoms with Crippen LogP contribution in [-0.2, 0) is 16.6 Å². The van der Waals surface area contributed by atoms with Crippen LogP contribution < -0.4 is 9.47 Å². The molecule has 2 aromatic heterocycles. The Hall–Kier alpha value is -2.80. The second kappa shape index (κ2) is 12.4. The lowest BCUT2D eigenvalue weighted by atomic mass is 9.32. The van der Waals surface area contributed by atoms with E-state index in [1.54, 1.807) is 43.9 Å². The molecule has 9 rings (SSSR count). The van der Waals surface area contributed by atoms with Gasteiger partial charge in [0.1, 0.15) is 15.7 Å². The highest BCUT2D eigenvalue weighted by Gasteiger charge is 2.74. The fraction of sp³-hybridized carbons (Fsp3) is 0.537. The van der Waals surface area contributed by atoms with Crippen molar-refractivity contribution in [2.24, 2.45) is 33.5 Å². The zero-order valence-corrected chi connectivity index (χ0v) is 33.0. The van der Waals surface area contributed by atoms with Crippen LogP contribution >= 0.6 is 22.7 Å². The molecular formula is C41H49NO7S3. The van der Waals surface area contributed by atoms with Gasteiger partial charge in [0, 0.05) is 51.4 Å². The van der Waals surface area contributed by atoms with Crippen LogP contribution in [0.25, 0.3) is 0 Å². The summed E-state index contributed by atoms with van der Waals surface area (Å²) in [6, 6.07) is 12.6. The van der Waals surface area contributed by atoms with Crippen LogP contribution in [0, 0.1) is 40.4 Å². The number of nitrogens with zero attached hydrogens (tertiary/aromatic N) is 1. The number of Topliss-reactive ketones (excluding diaryl/α,β-unsaturated/α-hetero) is 1. The van der Waals surface area contributed by atoms with Gasteiger partial charge >= 0.3 is 0 Å². The van der Waals surface area contributed by atoms with Gasteiger partial charge in [0.15, 0.2) is 5.78 Å². The number of aliphatic hydroxyl groups is 2. The molecule has 0 saturated heterocycles. The number of methoxy groups -OCH3 is 2. The number of rotatable bonds is 10. The lowest BCUT2D eigenvalue weighted by molar-refractivity contribution is -0.173. The Labute approximate surface area is 315 Å². The lowest BCUT2D eigenvalue weighted by Gasteiger charge is -2.71. The Morgan fingerprint density at radius 2 is 1.73 bits per heavy atom. The molecule has 3 fully saturated rings. The highest BCUT2D eigenvalue weighted by molar-refractivity contribution is 7.91. The van der Waals surface area contributed by atoms with Gasteiger partial charge in [-0.25, -0.2) is 8.42 Å². The van der Waals surface area contributed by atoms with Crippen molar-refractivity contribution in [3.63, 3.8) is 0 Å². The van der Waals surface area contributed by atoms with Gasteiger partial charge in [-0.15, -0.1) is 22.7 Å². The third-order valence-corrected chi connectivity index (χ3v) is 18.5. The molecule has 8 atom stereocenters.